The highest BCUT2D eigenvalue weighted by Crippen LogP contribution is 2.41. The zero-order valence-electron chi connectivity index (χ0n) is 14.4. The van der Waals surface area contributed by atoms with Crippen molar-refractivity contribution in [2.24, 2.45) is 5.92 Å². The molecule has 1 N–H and O–H groups in total. The first-order valence-corrected chi connectivity index (χ1v) is 8.60. The molecule has 7 heteroatoms. The van der Waals surface area contributed by atoms with Crippen LogP contribution in [-0.2, 0) is 6.54 Å². The minimum absolute atomic E-state index is 0.0999. The van der Waals surface area contributed by atoms with E-state index >= 15 is 0 Å². The van der Waals surface area contributed by atoms with Gasteiger partial charge in [0.25, 0.3) is 11.8 Å². The van der Waals surface area contributed by atoms with Crippen molar-refractivity contribution in [1.82, 2.24) is 25.0 Å². The zero-order valence-corrected chi connectivity index (χ0v) is 14.4. The fraction of sp³-hybridized carbons (Fsp3) is 0.444. The van der Waals surface area contributed by atoms with Crippen molar-refractivity contribution in [3.05, 3.63) is 47.0 Å². The van der Waals surface area contributed by atoms with Crippen LogP contribution in [0.2, 0.25) is 0 Å². The number of nitrogens with one attached hydrogen (secondary N) is 1. The summed E-state index contributed by atoms with van der Waals surface area (Å²) >= 11 is 0. The second-order valence-electron chi connectivity index (χ2n) is 6.86. The van der Waals surface area contributed by atoms with Gasteiger partial charge in [-0.3, -0.25) is 19.3 Å². The molecule has 3 heterocycles. The normalized spacial score (nSPS) is 18.0. The molecule has 0 spiro atoms. The maximum atomic E-state index is 12.7. The van der Waals surface area contributed by atoms with E-state index in [-0.39, 0.29) is 23.6 Å². The summed E-state index contributed by atoms with van der Waals surface area (Å²) in [6.07, 6.45) is 3.93. The Morgan fingerprint density at radius 2 is 2.16 bits per heavy atom. The molecule has 2 aromatic rings. The van der Waals surface area contributed by atoms with E-state index in [4.69, 9.17) is 0 Å². The van der Waals surface area contributed by atoms with Crippen LogP contribution in [-0.4, -0.2) is 45.1 Å². The van der Waals surface area contributed by atoms with Gasteiger partial charge in [0, 0.05) is 25.9 Å². The summed E-state index contributed by atoms with van der Waals surface area (Å²) in [5.41, 5.74) is 2.74. The van der Waals surface area contributed by atoms with Crippen molar-refractivity contribution >= 4 is 11.8 Å². The predicted molar refractivity (Wildman–Crippen MR) is 91.1 cm³/mol. The highest BCUT2D eigenvalue weighted by Gasteiger charge is 2.36. The quantitative estimate of drug-likeness (QED) is 0.916. The van der Waals surface area contributed by atoms with Crippen molar-refractivity contribution in [2.75, 3.05) is 13.6 Å². The van der Waals surface area contributed by atoms with E-state index in [1.807, 2.05) is 19.1 Å². The average Bonchev–Trinajstić information content (AvgIpc) is 3.35. The number of carbonyl (C=O) groups excluding carboxylic acids is 2. The molecule has 7 nitrogen and oxygen atoms in total. The van der Waals surface area contributed by atoms with Crippen LogP contribution in [0.25, 0.3) is 0 Å². The van der Waals surface area contributed by atoms with Crippen LogP contribution in [0.1, 0.15) is 51.1 Å². The number of carbonyl (C=O) groups is 2. The number of aryl methyl sites for hydroxylation is 1. The van der Waals surface area contributed by atoms with Crippen molar-refractivity contribution in [3.8, 4) is 0 Å². The number of nitrogens with zero attached hydrogens (tertiary/aromatic N) is 4. The molecule has 4 rings (SSSR count). The second-order valence-corrected chi connectivity index (χ2v) is 6.86. The van der Waals surface area contributed by atoms with Gasteiger partial charge in [0.1, 0.15) is 5.69 Å². The summed E-state index contributed by atoms with van der Waals surface area (Å²) < 4.78 is 1.62. The number of aromatic nitrogens is 3. The number of hydrogen-bond acceptors (Lipinski definition) is 4. The molecule has 2 amide bonds. The zero-order chi connectivity index (χ0) is 17.6. The Morgan fingerprint density at radius 3 is 2.88 bits per heavy atom. The molecular formula is C18H21N5O2. The summed E-state index contributed by atoms with van der Waals surface area (Å²) in [6.45, 7) is 3.22. The third-order valence-electron chi connectivity index (χ3n) is 4.95. The van der Waals surface area contributed by atoms with Crippen LogP contribution >= 0.6 is 0 Å². The van der Waals surface area contributed by atoms with E-state index in [2.05, 4.69) is 15.4 Å². The topological polar surface area (TPSA) is 80.1 Å². The molecule has 1 aliphatic heterocycles. The molecule has 1 aliphatic carbocycles. The van der Waals surface area contributed by atoms with Gasteiger partial charge in [0.2, 0.25) is 0 Å². The highest BCUT2D eigenvalue weighted by molar-refractivity contribution is 5.98. The molecular weight excluding hydrogens is 318 g/mol. The monoisotopic (exact) mass is 339 g/mol. The third-order valence-corrected chi connectivity index (χ3v) is 4.95. The number of fused-ring (bicyclic) bond motifs is 1. The second kappa shape index (κ2) is 5.98. The van der Waals surface area contributed by atoms with Crippen LogP contribution in [0.5, 0.6) is 0 Å². The Hall–Kier alpha value is -2.70. The Morgan fingerprint density at radius 1 is 1.36 bits per heavy atom. The van der Waals surface area contributed by atoms with Gasteiger partial charge in [-0.25, -0.2) is 0 Å². The highest BCUT2D eigenvalue weighted by atomic mass is 16.2. The van der Waals surface area contributed by atoms with Crippen molar-refractivity contribution in [1.29, 1.82) is 0 Å². The van der Waals surface area contributed by atoms with Crippen LogP contribution < -0.4 is 5.32 Å². The number of likely N-dealkylation sites (N-methyl/N-ethyl adjacent to an activating group) is 1. The largest absolute Gasteiger partial charge is 0.342 e. The van der Waals surface area contributed by atoms with Crippen molar-refractivity contribution < 1.29 is 9.59 Å². The van der Waals surface area contributed by atoms with Gasteiger partial charge in [-0.15, -0.1) is 0 Å². The summed E-state index contributed by atoms with van der Waals surface area (Å²) in [7, 11) is 1.76. The summed E-state index contributed by atoms with van der Waals surface area (Å²) in [4.78, 5) is 31.0. The molecule has 25 heavy (non-hydrogen) atoms. The molecule has 2 aliphatic rings. The Kier molecular flexibility index (Phi) is 3.78. The fourth-order valence-electron chi connectivity index (χ4n) is 3.29. The van der Waals surface area contributed by atoms with E-state index in [0.29, 0.717) is 24.7 Å². The van der Waals surface area contributed by atoms with Gasteiger partial charge >= 0.3 is 0 Å². The standard InChI is InChI=1S/C18H21N5O2/c1-11-4-3-7-19-15(11)16(12-5-6-12)20-17(24)13-10-14-18(25)22(2)8-9-23(14)21-13/h3-4,7,10,12,16H,5-6,8-9H2,1-2H3,(H,20,24). The Balaban J connectivity index is 1.58. The lowest BCUT2D eigenvalue weighted by molar-refractivity contribution is 0.0742. The molecule has 1 saturated carbocycles. The lowest BCUT2D eigenvalue weighted by Gasteiger charge is -2.22. The summed E-state index contributed by atoms with van der Waals surface area (Å²) in [5, 5.41) is 7.41. The molecule has 0 saturated heterocycles. The Labute approximate surface area is 146 Å². The lowest BCUT2D eigenvalue weighted by atomic mass is 10.0. The van der Waals surface area contributed by atoms with Gasteiger partial charge in [-0.05, 0) is 37.3 Å². The van der Waals surface area contributed by atoms with Gasteiger partial charge in [0.15, 0.2) is 5.69 Å². The number of amides is 2. The predicted octanol–water partition coefficient (Wildman–Crippen LogP) is 1.55. The van der Waals surface area contributed by atoms with Gasteiger partial charge in [-0.2, -0.15) is 5.10 Å². The average molecular weight is 339 g/mol. The molecule has 1 unspecified atom stereocenters. The first kappa shape index (κ1) is 15.8. The first-order chi connectivity index (χ1) is 12.0. The van der Waals surface area contributed by atoms with Crippen molar-refractivity contribution in [3.63, 3.8) is 0 Å². The van der Waals surface area contributed by atoms with E-state index < -0.39 is 0 Å². The van der Waals surface area contributed by atoms with Crippen LogP contribution in [0.15, 0.2) is 24.4 Å². The summed E-state index contributed by atoms with van der Waals surface area (Å²) in [5.74, 6) is 0.0685. The number of rotatable bonds is 4. The Bertz CT molecular complexity index is 840. The molecule has 0 radical (unpaired) electrons. The van der Waals surface area contributed by atoms with Crippen LogP contribution in [0.3, 0.4) is 0 Å². The van der Waals surface area contributed by atoms with E-state index in [0.717, 1.165) is 24.1 Å². The van der Waals surface area contributed by atoms with Gasteiger partial charge < -0.3 is 10.2 Å². The molecule has 0 bridgehead atoms. The SMILES string of the molecule is Cc1cccnc1C(NC(=O)c1cc2n(n1)CCN(C)C2=O)C1CC1. The number of pyridine rings is 1. The molecule has 2 aromatic heterocycles. The van der Waals surface area contributed by atoms with E-state index in [1.54, 1.807) is 28.9 Å². The van der Waals surface area contributed by atoms with Crippen LogP contribution in [0, 0.1) is 12.8 Å². The van der Waals surface area contributed by atoms with E-state index in [9.17, 15) is 9.59 Å². The van der Waals surface area contributed by atoms with Crippen LogP contribution in [0.4, 0.5) is 0 Å². The van der Waals surface area contributed by atoms with Gasteiger partial charge in [-0.1, -0.05) is 6.07 Å². The summed E-state index contributed by atoms with van der Waals surface area (Å²) in [6, 6.07) is 5.39. The lowest BCUT2D eigenvalue weighted by Crippen LogP contribution is -2.37. The fourth-order valence-corrected chi connectivity index (χ4v) is 3.29. The van der Waals surface area contributed by atoms with Crippen molar-refractivity contribution in [2.45, 2.75) is 32.4 Å². The molecule has 130 valence electrons. The van der Waals surface area contributed by atoms with Gasteiger partial charge in [0.05, 0.1) is 18.3 Å². The maximum absolute atomic E-state index is 12.7. The number of hydrogen-bond donors (Lipinski definition) is 1. The molecule has 1 atom stereocenters. The third kappa shape index (κ3) is 2.90. The minimum atomic E-state index is -0.251. The minimum Gasteiger partial charge on any atom is -0.342 e. The molecule has 0 aromatic carbocycles. The molecule has 1 fully saturated rings. The van der Waals surface area contributed by atoms with E-state index in [1.165, 1.54) is 0 Å². The smallest absolute Gasteiger partial charge is 0.272 e. The maximum Gasteiger partial charge on any atom is 0.272 e. The first-order valence-electron chi connectivity index (χ1n) is 8.60.